The van der Waals surface area contributed by atoms with Crippen molar-refractivity contribution in [3.8, 4) is 11.7 Å². The van der Waals surface area contributed by atoms with Crippen LogP contribution in [0, 0.1) is 6.92 Å². The van der Waals surface area contributed by atoms with E-state index in [0.717, 1.165) is 5.56 Å². The van der Waals surface area contributed by atoms with Gasteiger partial charge in [0.2, 0.25) is 0 Å². The minimum Gasteiger partial charge on any atom is -0.444 e. The number of halogens is 1. The number of furan rings is 1. The van der Waals surface area contributed by atoms with Crippen LogP contribution < -0.4 is 10.6 Å². The molecular weight excluding hydrogens is 352 g/mol. The summed E-state index contributed by atoms with van der Waals surface area (Å²) in [6, 6.07) is 10.3. The first-order chi connectivity index (χ1) is 10.6. The topological polar surface area (TPSA) is 93.2 Å². The summed E-state index contributed by atoms with van der Waals surface area (Å²) in [6.07, 6.45) is 0. The fraction of sp³-hybridized carbons (Fsp3) is 0.0714. The van der Waals surface area contributed by atoms with Gasteiger partial charge in [0.05, 0.1) is 0 Å². The molecule has 112 valence electrons. The zero-order chi connectivity index (χ0) is 15.5. The highest BCUT2D eigenvalue weighted by Gasteiger charge is 2.14. The molecule has 0 aliphatic rings. The molecule has 2 N–H and O–H groups in total. The summed E-state index contributed by atoms with van der Waals surface area (Å²) in [7, 11) is 0. The van der Waals surface area contributed by atoms with E-state index in [1.807, 2.05) is 25.1 Å². The van der Waals surface area contributed by atoms with Gasteiger partial charge in [0, 0.05) is 5.69 Å². The molecular formula is C14H11BrN4O3. The third kappa shape index (κ3) is 3.17. The van der Waals surface area contributed by atoms with Gasteiger partial charge < -0.3 is 14.2 Å². The van der Waals surface area contributed by atoms with Crippen molar-refractivity contribution < 1.29 is 13.6 Å². The number of amides is 2. The predicted molar refractivity (Wildman–Crippen MR) is 83.5 cm³/mol. The Morgan fingerprint density at radius 2 is 1.91 bits per heavy atom. The SMILES string of the molecule is Cc1ccccc1NC(=O)Nc1nnc(-c2ccc(Br)o2)o1. The van der Waals surface area contributed by atoms with E-state index in [1.54, 1.807) is 18.2 Å². The lowest BCUT2D eigenvalue weighted by molar-refractivity contribution is 0.261. The Balaban J connectivity index is 1.67. The van der Waals surface area contributed by atoms with Crippen LogP contribution in [0.2, 0.25) is 0 Å². The van der Waals surface area contributed by atoms with E-state index in [-0.39, 0.29) is 11.9 Å². The Morgan fingerprint density at radius 3 is 2.64 bits per heavy atom. The molecule has 22 heavy (non-hydrogen) atoms. The monoisotopic (exact) mass is 362 g/mol. The third-order valence-corrected chi connectivity index (χ3v) is 3.25. The van der Waals surface area contributed by atoms with E-state index in [0.29, 0.717) is 16.1 Å². The number of hydrogen-bond donors (Lipinski definition) is 2. The van der Waals surface area contributed by atoms with Crippen molar-refractivity contribution in [2.75, 3.05) is 10.6 Å². The lowest BCUT2D eigenvalue weighted by Crippen LogP contribution is -2.20. The number of nitrogens with one attached hydrogen (secondary N) is 2. The average Bonchev–Trinajstić information content (AvgIpc) is 3.10. The molecule has 1 aromatic carbocycles. The molecule has 0 saturated heterocycles. The summed E-state index contributed by atoms with van der Waals surface area (Å²) >= 11 is 3.18. The van der Waals surface area contributed by atoms with Crippen LogP contribution in [-0.2, 0) is 0 Å². The molecule has 0 spiro atoms. The molecule has 3 rings (SSSR count). The maximum Gasteiger partial charge on any atom is 0.327 e. The van der Waals surface area contributed by atoms with Crippen molar-refractivity contribution in [1.82, 2.24) is 10.2 Å². The minimum absolute atomic E-state index is 0.0198. The van der Waals surface area contributed by atoms with E-state index >= 15 is 0 Å². The maximum absolute atomic E-state index is 11.9. The van der Waals surface area contributed by atoms with Crippen LogP contribution in [-0.4, -0.2) is 16.2 Å². The summed E-state index contributed by atoms with van der Waals surface area (Å²) in [5, 5.41) is 12.7. The second-order valence-electron chi connectivity index (χ2n) is 4.41. The van der Waals surface area contributed by atoms with Crippen LogP contribution in [0.1, 0.15) is 5.56 Å². The van der Waals surface area contributed by atoms with E-state index < -0.39 is 6.03 Å². The minimum atomic E-state index is -0.467. The summed E-state index contributed by atoms with van der Waals surface area (Å²) in [4.78, 5) is 11.9. The normalized spacial score (nSPS) is 10.5. The van der Waals surface area contributed by atoms with Gasteiger partial charge in [-0.15, -0.1) is 5.10 Å². The van der Waals surface area contributed by atoms with Crippen molar-refractivity contribution in [2.24, 2.45) is 0 Å². The van der Waals surface area contributed by atoms with Gasteiger partial charge in [0.1, 0.15) is 0 Å². The molecule has 0 unspecified atom stereocenters. The molecule has 7 nitrogen and oxygen atoms in total. The van der Waals surface area contributed by atoms with Crippen molar-refractivity contribution in [1.29, 1.82) is 0 Å². The molecule has 2 heterocycles. The fourth-order valence-corrected chi connectivity index (χ4v) is 2.07. The Labute approximate surface area is 133 Å². The highest BCUT2D eigenvalue weighted by atomic mass is 79.9. The molecule has 8 heteroatoms. The second-order valence-corrected chi connectivity index (χ2v) is 5.19. The van der Waals surface area contributed by atoms with Gasteiger partial charge in [-0.3, -0.25) is 5.32 Å². The smallest absolute Gasteiger partial charge is 0.327 e. The van der Waals surface area contributed by atoms with Crippen LogP contribution in [0.4, 0.5) is 16.5 Å². The van der Waals surface area contributed by atoms with Crippen molar-refractivity contribution in [3.05, 3.63) is 46.6 Å². The number of carbonyl (C=O) groups is 1. The summed E-state index contributed by atoms with van der Waals surface area (Å²) in [6.45, 7) is 1.90. The Bertz CT molecular complexity index is 812. The van der Waals surface area contributed by atoms with Crippen molar-refractivity contribution in [2.45, 2.75) is 6.92 Å². The van der Waals surface area contributed by atoms with Crippen LogP contribution in [0.25, 0.3) is 11.7 Å². The maximum atomic E-state index is 11.9. The van der Waals surface area contributed by atoms with Crippen molar-refractivity contribution in [3.63, 3.8) is 0 Å². The Kier molecular flexibility index (Phi) is 3.92. The van der Waals surface area contributed by atoms with Crippen LogP contribution in [0.3, 0.4) is 0 Å². The fourth-order valence-electron chi connectivity index (χ4n) is 1.77. The number of anilines is 2. The van der Waals surface area contributed by atoms with Gasteiger partial charge in [-0.1, -0.05) is 23.3 Å². The number of carbonyl (C=O) groups excluding carboxylic acids is 1. The Morgan fingerprint density at radius 1 is 1.09 bits per heavy atom. The number of benzene rings is 1. The first kappa shape index (κ1) is 14.3. The number of para-hydroxylation sites is 1. The first-order valence-electron chi connectivity index (χ1n) is 6.34. The highest BCUT2D eigenvalue weighted by Crippen LogP contribution is 2.25. The quantitative estimate of drug-likeness (QED) is 0.733. The van der Waals surface area contributed by atoms with Crippen molar-refractivity contribution >= 4 is 33.7 Å². The van der Waals surface area contributed by atoms with Gasteiger partial charge in [-0.2, -0.15) is 0 Å². The van der Waals surface area contributed by atoms with Gasteiger partial charge in [-0.25, -0.2) is 4.79 Å². The van der Waals surface area contributed by atoms with Crippen LogP contribution in [0.5, 0.6) is 0 Å². The van der Waals surface area contributed by atoms with Gasteiger partial charge in [0.25, 0.3) is 5.89 Å². The van der Waals surface area contributed by atoms with E-state index in [9.17, 15) is 4.79 Å². The van der Waals surface area contributed by atoms with E-state index in [2.05, 4.69) is 36.8 Å². The standard InChI is InChI=1S/C14H11BrN4O3/c1-8-4-2-3-5-9(8)16-13(20)17-14-19-18-12(22-14)10-6-7-11(15)21-10/h2-7H,1H3,(H2,16,17,19,20). The molecule has 0 radical (unpaired) electrons. The lowest BCUT2D eigenvalue weighted by atomic mass is 10.2. The summed E-state index contributed by atoms with van der Waals surface area (Å²) in [5.41, 5.74) is 1.65. The number of urea groups is 1. The summed E-state index contributed by atoms with van der Waals surface area (Å²) in [5.74, 6) is 0.587. The molecule has 0 bridgehead atoms. The zero-order valence-corrected chi connectivity index (χ0v) is 13.0. The second kappa shape index (κ2) is 6.02. The molecule has 0 aliphatic carbocycles. The number of aryl methyl sites for hydroxylation is 1. The summed E-state index contributed by atoms with van der Waals surface area (Å²) < 4.78 is 11.2. The van der Waals surface area contributed by atoms with Crippen LogP contribution >= 0.6 is 15.9 Å². The lowest BCUT2D eigenvalue weighted by Gasteiger charge is -2.06. The molecule has 0 fully saturated rings. The van der Waals surface area contributed by atoms with E-state index in [1.165, 1.54) is 0 Å². The largest absolute Gasteiger partial charge is 0.444 e. The third-order valence-electron chi connectivity index (χ3n) is 2.82. The predicted octanol–water partition coefficient (Wildman–Crippen LogP) is 4.04. The van der Waals surface area contributed by atoms with Gasteiger partial charge >= 0.3 is 12.0 Å². The van der Waals surface area contributed by atoms with Gasteiger partial charge in [0.15, 0.2) is 10.4 Å². The molecule has 2 aromatic heterocycles. The molecule has 3 aromatic rings. The average molecular weight is 363 g/mol. The van der Waals surface area contributed by atoms with Crippen LogP contribution in [0.15, 0.2) is 49.9 Å². The number of rotatable bonds is 3. The number of nitrogens with zero attached hydrogens (tertiary/aromatic N) is 2. The molecule has 0 aliphatic heterocycles. The molecule has 0 atom stereocenters. The molecule has 0 saturated carbocycles. The Hall–Kier alpha value is -2.61. The van der Waals surface area contributed by atoms with E-state index in [4.69, 9.17) is 8.83 Å². The number of aromatic nitrogens is 2. The highest BCUT2D eigenvalue weighted by molar-refractivity contribution is 9.10. The van der Waals surface area contributed by atoms with Gasteiger partial charge in [-0.05, 0) is 46.6 Å². The molecule has 2 amide bonds. The first-order valence-corrected chi connectivity index (χ1v) is 7.14. The number of hydrogen-bond acceptors (Lipinski definition) is 5. The zero-order valence-electron chi connectivity index (χ0n) is 11.5.